The van der Waals surface area contributed by atoms with E-state index < -0.39 is 9.05 Å². The second-order valence-electron chi connectivity index (χ2n) is 5.99. The topological polar surface area (TPSA) is 54.5 Å². The van der Waals surface area contributed by atoms with Crippen molar-refractivity contribution in [3.63, 3.8) is 0 Å². The van der Waals surface area contributed by atoms with Crippen LogP contribution in [0.15, 0.2) is 23.1 Å². The van der Waals surface area contributed by atoms with Gasteiger partial charge in [-0.05, 0) is 50.8 Å². The third-order valence-corrected chi connectivity index (χ3v) is 5.51. The average molecular weight is 330 g/mol. The number of nitrogens with zero attached hydrogens (tertiary/aromatic N) is 1. The molecule has 1 amide bonds. The monoisotopic (exact) mass is 329 g/mol. The highest BCUT2D eigenvalue weighted by atomic mass is 35.7. The number of hydrogen-bond donors (Lipinski definition) is 0. The van der Waals surface area contributed by atoms with Gasteiger partial charge < -0.3 is 4.90 Å². The van der Waals surface area contributed by atoms with Crippen molar-refractivity contribution in [2.75, 3.05) is 6.54 Å². The minimum Gasteiger partial charge on any atom is -0.334 e. The van der Waals surface area contributed by atoms with E-state index in [0.717, 1.165) is 12.8 Å². The Hall–Kier alpha value is -1.07. The maximum atomic E-state index is 12.6. The predicted molar refractivity (Wildman–Crippen MR) is 83.2 cm³/mol. The molecule has 0 saturated carbocycles. The van der Waals surface area contributed by atoms with Crippen LogP contribution in [0.5, 0.6) is 0 Å². The summed E-state index contributed by atoms with van der Waals surface area (Å²) in [7, 11) is 1.63. The Kier molecular flexibility index (Phi) is 4.36. The number of halogens is 1. The summed E-state index contributed by atoms with van der Waals surface area (Å²) in [5, 5.41) is 0. The largest absolute Gasteiger partial charge is 0.334 e. The summed E-state index contributed by atoms with van der Waals surface area (Å²) in [4.78, 5) is 14.5. The van der Waals surface area contributed by atoms with Crippen molar-refractivity contribution in [2.45, 2.75) is 50.5 Å². The second kappa shape index (κ2) is 5.61. The summed E-state index contributed by atoms with van der Waals surface area (Å²) < 4.78 is 23.4. The molecule has 0 aliphatic carbocycles. The lowest BCUT2D eigenvalue weighted by molar-refractivity contribution is 0.0651. The van der Waals surface area contributed by atoms with Crippen LogP contribution in [-0.2, 0) is 15.5 Å². The Morgan fingerprint density at radius 1 is 1.38 bits per heavy atom. The zero-order valence-electron chi connectivity index (χ0n) is 12.5. The molecule has 0 unspecified atom stereocenters. The molecule has 0 N–H and O–H groups in total. The fraction of sp³-hybridized carbons (Fsp3) is 0.533. The molecule has 0 bridgehead atoms. The minimum atomic E-state index is -3.85. The highest BCUT2D eigenvalue weighted by Gasteiger charge is 2.36. The first kappa shape index (κ1) is 16.3. The highest BCUT2D eigenvalue weighted by molar-refractivity contribution is 8.13. The first-order valence-corrected chi connectivity index (χ1v) is 9.37. The number of amides is 1. The summed E-state index contributed by atoms with van der Waals surface area (Å²) in [5.41, 5.74) is 0.809. The number of carbonyl (C=O) groups is 1. The van der Waals surface area contributed by atoms with Gasteiger partial charge in [0.15, 0.2) is 0 Å². The molecule has 1 aromatic carbocycles. The lowest BCUT2D eigenvalue weighted by Gasteiger charge is -2.31. The molecule has 1 heterocycles. The normalized spacial score (nSPS) is 18.0. The van der Waals surface area contributed by atoms with Crippen molar-refractivity contribution >= 4 is 25.6 Å². The van der Waals surface area contributed by atoms with Crippen LogP contribution in [0.3, 0.4) is 0 Å². The zero-order valence-corrected chi connectivity index (χ0v) is 14.1. The van der Waals surface area contributed by atoms with Crippen molar-refractivity contribution in [3.8, 4) is 0 Å². The van der Waals surface area contributed by atoms with Crippen LogP contribution in [0, 0.1) is 0 Å². The molecule has 4 nitrogen and oxygen atoms in total. The third kappa shape index (κ3) is 3.24. The number of rotatable bonds is 3. The summed E-state index contributed by atoms with van der Waals surface area (Å²) in [6.45, 7) is 6.60. The molecule has 1 saturated heterocycles. The highest BCUT2D eigenvalue weighted by Crippen LogP contribution is 2.31. The lowest BCUT2D eigenvalue weighted by atomic mass is 10.0. The average Bonchev–Trinajstić information content (AvgIpc) is 2.75. The van der Waals surface area contributed by atoms with Crippen molar-refractivity contribution < 1.29 is 13.2 Å². The van der Waals surface area contributed by atoms with Gasteiger partial charge in [-0.25, -0.2) is 8.42 Å². The van der Waals surface area contributed by atoms with Crippen LogP contribution in [0.25, 0.3) is 0 Å². The van der Waals surface area contributed by atoms with E-state index >= 15 is 0 Å². The Labute approximate surface area is 130 Å². The molecule has 0 aromatic heterocycles. The lowest BCUT2D eigenvalue weighted by Crippen LogP contribution is -2.42. The van der Waals surface area contributed by atoms with Crippen molar-refractivity contribution in [1.29, 1.82) is 0 Å². The quantitative estimate of drug-likeness (QED) is 0.800. The fourth-order valence-corrected chi connectivity index (χ4v) is 4.07. The van der Waals surface area contributed by atoms with E-state index in [2.05, 4.69) is 0 Å². The van der Waals surface area contributed by atoms with Gasteiger partial charge in [0.05, 0.1) is 4.90 Å². The molecule has 1 aromatic rings. The molecule has 116 valence electrons. The van der Waals surface area contributed by atoms with Gasteiger partial charge in [-0.2, -0.15) is 0 Å². The molecule has 1 aliphatic heterocycles. The number of aryl methyl sites for hydroxylation is 1. The van der Waals surface area contributed by atoms with Crippen LogP contribution in [0.4, 0.5) is 0 Å². The smallest absolute Gasteiger partial charge is 0.261 e. The van der Waals surface area contributed by atoms with E-state index in [0.29, 0.717) is 24.1 Å². The van der Waals surface area contributed by atoms with Crippen LogP contribution in [0.1, 0.15) is 49.5 Å². The van der Waals surface area contributed by atoms with Gasteiger partial charge in [-0.15, -0.1) is 0 Å². The molecular formula is C15H20ClNO3S. The molecule has 2 rings (SSSR count). The predicted octanol–water partition coefficient (Wildman–Crippen LogP) is 3.19. The Balaban J connectivity index is 2.44. The summed E-state index contributed by atoms with van der Waals surface area (Å²) in [6.07, 6.45) is 2.46. The van der Waals surface area contributed by atoms with Crippen LogP contribution < -0.4 is 0 Å². The van der Waals surface area contributed by atoms with Gasteiger partial charge in [0.25, 0.3) is 15.0 Å². The SMILES string of the molecule is CCc1ccc(C(=O)N2CCCC2(C)C)cc1S(=O)(=O)Cl. The molecule has 0 atom stereocenters. The molecule has 1 aliphatic rings. The molecular weight excluding hydrogens is 310 g/mol. The molecule has 0 radical (unpaired) electrons. The van der Waals surface area contributed by atoms with Gasteiger partial charge >= 0.3 is 0 Å². The van der Waals surface area contributed by atoms with Crippen molar-refractivity contribution in [3.05, 3.63) is 29.3 Å². The van der Waals surface area contributed by atoms with Gasteiger partial charge in [-0.1, -0.05) is 13.0 Å². The number of likely N-dealkylation sites (tertiary alicyclic amines) is 1. The van der Waals surface area contributed by atoms with E-state index in [1.807, 2.05) is 20.8 Å². The first-order valence-electron chi connectivity index (χ1n) is 7.06. The maximum Gasteiger partial charge on any atom is 0.261 e. The van der Waals surface area contributed by atoms with Crippen LogP contribution >= 0.6 is 10.7 Å². The van der Waals surface area contributed by atoms with Crippen LogP contribution in [-0.4, -0.2) is 31.3 Å². The maximum absolute atomic E-state index is 12.6. The summed E-state index contributed by atoms with van der Waals surface area (Å²) in [6, 6.07) is 4.75. The van der Waals surface area contributed by atoms with E-state index in [-0.39, 0.29) is 16.3 Å². The number of hydrogen-bond acceptors (Lipinski definition) is 3. The standard InChI is InChI=1S/C15H20ClNO3S/c1-4-11-6-7-12(10-13(11)21(16,19)20)14(18)17-9-5-8-15(17,2)3/h6-7,10H,4-5,8-9H2,1-3H3. The molecule has 1 fully saturated rings. The van der Waals surface area contributed by atoms with E-state index in [4.69, 9.17) is 10.7 Å². The second-order valence-corrected chi connectivity index (χ2v) is 8.52. The Morgan fingerprint density at radius 3 is 2.52 bits per heavy atom. The number of benzene rings is 1. The molecule has 0 spiro atoms. The molecule has 6 heteroatoms. The Morgan fingerprint density at radius 2 is 2.05 bits per heavy atom. The van der Waals surface area contributed by atoms with Gasteiger partial charge in [-0.3, -0.25) is 4.79 Å². The minimum absolute atomic E-state index is 0.0366. The van der Waals surface area contributed by atoms with E-state index in [9.17, 15) is 13.2 Å². The Bertz CT molecular complexity index is 667. The van der Waals surface area contributed by atoms with E-state index in [1.54, 1.807) is 17.0 Å². The van der Waals surface area contributed by atoms with Gasteiger partial charge in [0.1, 0.15) is 0 Å². The van der Waals surface area contributed by atoms with Crippen molar-refractivity contribution in [1.82, 2.24) is 4.90 Å². The third-order valence-electron chi connectivity index (χ3n) is 4.10. The van der Waals surface area contributed by atoms with Crippen molar-refractivity contribution in [2.24, 2.45) is 0 Å². The van der Waals surface area contributed by atoms with E-state index in [1.165, 1.54) is 6.07 Å². The fourth-order valence-electron chi connectivity index (χ4n) is 2.85. The molecule has 21 heavy (non-hydrogen) atoms. The summed E-state index contributed by atoms with van der Waals surface area (Å²) >= 11 is 0. The first-order chi connectivity index (χ1) is 9.66. The summed E-state index contributed by atoms with van der Waals surface area (Å²) in [5.74, 6) is -0.137. The van der Waals surface area contributed by atoms with Gasteiger partial charge in [0.2, 0.25) is 0 Å². The van der Waals surface area contributed by atoms with Crippen LogP contribution in [0.2, 0.25) is 0 Å². The number of carbonyl (C=O) groups excluding carboxylic acids is 1. The van der Waals surface area contributed by atoms with Gasteiger partial charge in [0, 0.05) is 28.3 Å². The zero-order chi connectivity index (χ0) is 15.8.